The fourth-order valence-corrected chi connectivity index (χ4v) is 5.76. The summed E-state index contributed by atoms with van der Waals surface area (Å²) in [7, 11) is 0. The first-order valence-electron chi connectivity index (χ1n) is 10.3. The molecule has 1 saturated heterocycles. The van der Waals surface area contributed by atoms with Gasteiger partial charge in [0.2, 0.25) is 5.91 Å². The Bertz CT molecular complexity index is 1280. The number of nitrogens with two attached hydrogens (primary N) is 1. The van der Waals surface area contributed by atoms with Gasteiger partial charge in [0.05, 0.1) is 5.56 Å². The number of urea groups is 1. The summed E-state index contributed by atoms with van der Waals surface area (Å²) in [5.74, 6) is -1.60. The maximum atomic E-state index is 12.8. The van der Waals surface area contributed by atoms with E-state index < -0.39 is 36.3 Å². The number of amides is 5. The van der Waals surface area contributed by atoms with Gasteiger partial charge in [-0.2, -0.15) is 0 Å². The Balaban J connectivity index is 1.28. The Morgan fingerprint density at radius 2 is 2.03 bits per heavy atom. The molecule has 3 aromatic rings. The zero-order valence-electron chi connectivity index (χ0n) is 17.1. The number of hydrogen-bond acceptors (Lipinski definition) is 5. The number of carbonyl (C=O) groups is 4. The quantitative estimate of drug-likeness (QED) is 0.426. The molecule has 2 aliphatic rings. The van der Waals surface area contributed by atoms with Gasteiger partial charge in [0.25, 0.3) is 11.8 Å². The molecule has 1 atom stereocenters. The van der Waals surface area contributed by atoms with E-state index in [-0.39, 0.29) is 0 Å². The van der Waals surface area contributed by atoms with Crippen LogP contribution in [0.3, 0.4) is 0 Å². The molecule has 0 spiro atoms. The van der Waals surface area contributed by atoms with Crippen LogP contribution in [0.1, 0.15) is 32.8 Å². The van der Waals surface area contributed by atoms with Crippen molar-refractivity contribution < 1.29 is 19.2 Å². The van der Waals surface area contributed by atoms with Crippen LogP contribution < -0.4 is 16.4 Å². The molecule has 1 fully saturated rings. The first-order chi connectivity index (χ1) is 15.4. The minimum Gasteiger partial charge on any atom is -0.365 e. The lowest BCUT2D eigenvalue weighted by Gasteiger charge is -2.13. The molecule has 32 heavy (non-hydrogen) atoms. The number of para-hydroxylation sites is 1. The largest absolute Gasteiger partial charge is 0.365 e. The number of H-pyrrole nitrogens is 1. The molecule has 10 heteroatoms. The van der Waals surface area contributed by atoms with Crippen LogP contribution in [0.5, 0.6) is 0 Å². The van der Waals surface area contributed by atoms with Gasteiger partial charge in [-0.1, -0.05) is 18.2 Å². The molecule has 164 valence electrons. The highest BCUT2D eigenvalue weighted by molar-refractivity contribution is 7.17. The number of nitrogens with zero attached hydrogens (tertiary/aromatic N) is 1. The van der Waals surface area contributed by atoms with Crippen molar-refractivity contribution in [2.45, 2.75) is 31.7 Å². The monoisotopic (exact) mass is 451 g/mol. The number of aromatic amines is 1. The van der Waals surface area contributed by atoms with Gasteiger partial charge in [-0.25, -0.2) is 4.79 Å². The minimum absolute atomic E-state index is 0.316. The van der Waals surface area contributed by atoms with E-state index in [4.69, 9.17) is 5.73 Å². The van der Waals surface area contributed by atoms with Gasteiger partial charge < -0.3 is 21.4 Å². The lowest BCUT2D eigenvalue weighted by molar-refractivity contribution is -0.130. The second-order valence-corrected chi connectivity index (χ2v) is 9.07. The van der Waals surface area contributed by atoms with Crippen molar-refractivity contribution in [3.05, 3.63) is 52.0 Å². The number of imide groups is 1. The zero-order chi connectivity index (χ0) is 22.4. The van der Waals surface area contributed by atoms with E-state index in [1.807, 2.05) is 30.5 Å². The third-order valence-corrected chi connectivity index (χ3v) is 7.14. The number of benzene rings is 1. The van der Waals surface area contributed by atoms with Gasteiger partial charge in [-0.05, 0) is 36.5 Å². The molecule has 2 aromatic heterocycles. The summed E-state index contributed by atoms with van der Waals surface area (Å²) < 4.78 is 0. The third-order valence-electron chi connectivity index (χ3n) is 5.93. The van der Waals surface area contributed by atoms with Crippen molar-refractivity contribution in [3.63, 3.8) is 0 Å². The first-order valence-corrected chi connectivity index (χ1v) is 11.1. The van der Waals surface area contributed by atoms with Crippen molar-refractivity contribution in [2.75, 3.05) is 11.9 Å². The molecule has 1 aliphatic heterocycles. The SMILES string of the molecule is NC(=O)c1c(NC(=O)CN2C(=O)NC(Cc3c[nH]c4ccccc34)C2=O)sc2c1CCC2. The van der Waals surface area contributed by atoms with Crippen molar-refractivity contribution in [1.29, 1.82) is 0 Å². The predicted octanol–water partition coefficient (Wildman–Crippen LogP) is 1.92. The van der Waals surface area contributed by atoms with E-state index in [9.17, 15) is 19.2 Å². The lowest BCUT2D eigenvalue weighted by Crippen LogP contribution is -2.38. The molecule has 5 rings (SSSR count). The van der Waals surface area contributed by atoms with E-state index >= 15 is 0 Å². The highest BCUT2D eigenvalue weighted by atomic mass is 32.1. The van der Waals surface area contributed by atoms with Crippen LogP contribution in [0, 0.1) is 0 Å². The standard InChI is InChI=1S/C22H21N5O4S/c23-19(29)18-13-5-3-7-16(13)32-20(18)26-17(28)10-27-21(30)15(25-22(27)31)8-11-9-24-14-6-2-1-4-12(11)14/h1-2,4,6,9,15,24H,3,5,7-8,10H2,(H2,23,29)(H,25,31)(H,26,28). The van der Waals surface area contributed by atoms with E-state index in [2.05, 4.69) is 15.6 Å². The highest BCUT2D eigenvalue weighted by Crippen LogP contribution is 2.38. The van der Waals surface area contributed by atoms with Crippen LogP contribution in [0.2, 0.25) is 0 Å². The number of hydrogen-bond donors (Lipinski definition) is 4. The predicted molar refractivity (Wildman–Crippen MR) is 120 cm³/mol. The Labute approximate surface area is 187 Å². The van der Waals surface area contributed by atoms with Gasteiger partial charge >= 0.3 is 6.03 Å². The summed E-state index contributed by atoms with van der Waals surface area (Å²) in [6.07, 6.45) is 4.69. The molecule has 0 bridgehead atoms. The second kappa shape index (κ2) is 7.79. The lowest BCUT2D eigenvalue weighted by atomic mass is 10.1. The zero-order valence-corrected chi connectivity index (χ0v) is 17.9. The Hall–Kier alpha value is -3.66. The number of anilines is 1. The summed E-state index contributed by atoms with van der Waals surface area (Å²) in [4.78, 5) is 54.9. The summed E-state index contributed by atoms with van der Waals surface area (Å²) >= 11 is 1.33. The van der Waals surface area contributed by atoms with Crippen LogP contribution in [0.4, 0.5) is 9.80 Å². The molecule has 3 heterocycles. The first kappa shape index (κ1) is 20.3. The number of aryl methyl sites for hydroxylation is 1. The molecular formula is C22H21N5O4S. The average molecular weight is 452 g/mol. The molecule has 9 nitrogen and oxygen atoms in total. The van der Waals surface area contributed by atoms with Gasteiger partial charge in [0.15, 0.2) is 0 Å². The van der Waals surface area contributed by atoms with Gasteiger partial charge in [0, 0.05) is 28.4 Å². The topological polar surface area (TPSA) is 137 Å². The Morgan fingerprint density at radius 3 is 2.84 bits per heavy atom. The number of rotatable bonds is 6. The molecule has 0 saturated carbocycles. The van der Waals surface area contributed by atoms with E-state index in [0.29, 0.717) is 17.0 Å². The Morgan fingerprint density at radius 1 is 1.22 bits per heavy atom. The fraction of sp³-hybridized carbons (Fsp3) is 0.273. The van der Waals surface area contributed by atoms with Crippen molar-refractivity contribution in [2.24, 2.45) is 5.73 Å². The smallest absolute Gasteiger partial charge is 0.325 e. The minimum atomic E-state index is -0.749. The van der Waals surface area contributed by atoms with Gasteiger partial charge in [0.1, 0.15) is 17.6 Å². The van der Waals surface area contributed by atoms with Crippen LogP contribution in [-0.2, 0) is 28.9 Å². The number of thiophene rings is 1. The summed E-state index contributed by atoms with van der Waals surface area (Å²) in [6.45, 7) is -0.435. The van der Waals surface area contributed by atoms with Crippen LogP contribution >= 0.6 is 11.3 Å². The summed E-state index contributed by atoms with van der Waals surface area (Å²) in [5, 5.41) is 6.70. The van der Waals surface area contributed by atoms with E-state index in [1.165, 1.54) is 11.3 Å². The number of carbonyl (C=O) groups excluding carboxylic acids is 4. The molecule has 1 unspecified atom stereocenters. The molecule has 1 aromatic carbocycles. The second-order valence-electron chi connectivity index (χ2n) is 7.96. The van der Waals surface area contributed by atoms with Crippen molar-refractivity contribution in [3.8, 4) is 0 Å². The van der Waals surface area contributed by atoms with E-state index in [1.54, 1.807) is 0 Å². The maximum Gasteiger partial charge on any atom is 0.325 e. The molecule has 5 N–H and O–H groups in total. The van der Waals surface area contributed by atoms with Crippen LogP contribution in [0.15, 0.2) is 30.5 Å². The molecular weight excluding hydrogens is 430 g/mol. The van der Waals surface area contributed by atoms with Gasteiger partial charge in [-0.3, -0.25) is 19.3 Å². The van der Waals surface area contributed by atoms with E-state index in [0.717, 1.165) is 51.1 Å². The van der Waals surface area contributed by atoms with Gasteiger partial charge in [-0.15, -0.1) is 11.3 Å². The fourth-order valence-electron chi connectivity index (χ4n) is 4.45. The number of aromatic nitrogens is 1. The Kier molecular flexibility index (Phi) is 4.93. The number of fused-ring (bicyclic) bond motifs is 2. The van der Waals surface area contributed by atoms with Crippen LogP contribution in [0.25, 0.3) is 10.9 Å². The average Bonchev–Trinajstić information content (AvgIpc) is 3.49. The number of primary amides is 1. The molecule has 1 aliphatic carbocycles. The summed E-state index contributed by atoms with van der Waals surface area (Å²) in [5.41, 5.74) is 8.61. The van der Waals surface area contributed by atoms with Crippen molar-refractivity contribution >= 4 is 51.0 Å². The third kappa shape index (κ3) is 3.42. The maximum absolute atomic E-state index is 12.8. The highest BCUT2D eigenvalue weighted by Gasteiger charge is 2.39. The normalized spacial score (nSPS) is 17.6. The summed E-state index contributed by atoms with van der Waals surface area (Å²) in [6, 6.07) is 6.34. The molecule has 5 amide bonds. The molecule has 0 radical (unpaired) electrons. The van der Waals surface area contributed by atoms with Crippen molar-refractivity contribution in [1.82, 2.24) is 15.2 Å². The number of nitrogens with one attached hydrogen (secondary N) is 3. The van der Waals surface area contributed by atoms with Crippen LogP contribution in [-0.4, -0.2) is 46.2 Å².